The highest BCUT2D eigenvalue weighted by Crippen LogP contribution is 2.38. The number of carbonyl (C=O) groups is 2. The van der Waals surface area contributed by atoms with Gasteiger partial charge in [0.25, 0.3) is 0 Å². The number of methoxy groups -OCH3 is 1. The fourth-order valence-corrected chi connectivity index (χ4v) is 3.12. The highest BCUT2D eigenvalue weighted by atomic mass is 16.5. The van der Waals surface area contributed by atoms with Gasteiger partial charge in [-0.1, -0.05) is 42.5 Å². The normalized spacial score (nSPS) is 19.3. The fourth-order valence-electron chi connectivity index (χ4n) is 3.12. The van der Waals surface area contributed by atoms with Crippen molar-refractivity contribution in [2.75, 3.05) is 12.4 Å². The molecule has 0 aliphatic carbocycles. The number of esters is 1. The van der Waals surface area contributed by atoms with Crippen LogP contribution in [0.3, 0.4) is 0 Å². The van der Waals surface area contributed by atoms with Crippen molar-refractivity contribution >= 4 is 17.6 Å². The summed E-state index contributed by atoms with van der Waals surface area (Å²) in [7, 11) is 1.57. The second-order valence-electron chi connectivity index (χ2n) is 6.07. The average Bonchev–Trinajstić information content (AvgIpc) is 3.02. The lowest BCUT2D eigenvalue weighted by Crippen LogP contribution is -2.15. The Morgan fingerprint density at radius 1 is 1.16 bits per heavy atom. The first-order chi connectivity index (χ1) is 12.2. The van der Waals surface area contributed by atoms with Crippen molar-refractivity contribution < 1.29 is 19.1 Å². The third-order valence-corrected chi connectivity index (χ3v) is 4.37. The molecule has 130 valence electrons. The molecule has 2 aromatic carbocycles. The first-order valence-corrected chi connectivity index (χ1v) is 8.34. The maximum atomic E-state index is 12.3. The number of carbonyl (C=O) groups excluding carboxylic acids is 2. The Morgan fingerprint density at radius 2 is 1.88 bits per heavy atom. The predicted molar refractivity (Wildman–Crippen MR) is 94.2 cm³/mol. The van der Waals surface area contributed by atoms with Gasteiger partial charge < -0.3 is 14.8 Å². The molecule has 5 heteroatoms. The summed E-state index contributed by atoms with van der Waals surface area (Å²) in [6, 6.07) is 17.0. The molecule has 1 aliphatic heterocycles. The first kappa shape index (κ1) is 17.0. The number of nitrogens with one attached hydrogen (secondary N) is 1. The van der Waals surface area contributed by atoms with Crippen molar-refractivity contribution in [3.8, 4) is 5.75 Å². The Labute approximate surface area is 147 Å². The van der Waals surface area contributed by atoms with Crippen LogP contribution < -0.4 is 10.1 Å². The molecule has 1 aliphatic rings. The van der Waals surface area contributed by atoms with Crippen molar-refractivity contribution in [3.63, 3.8) is 0 Å². The molecule has 2 aromatic rings. The highest BCUT2D eigenvalue weighted by molar-refractivity contribution is 5.92. The zero-order chi connectivity index (χ0) is 17.6. The zero-order valence-electron chi connectivity index (χ0n) is 14.1. The minimum Gasteiger partial charge on any atom is -0.495 e. The van der Waals surface area contributed by atoms with Crippen molar-refractivity contribution in [3.05, 3.63) is 60.2 Å². The van der Waals surface area contributed by atoms with E-state index >= 15 is 0 Å². The summed E-state index contributed by atoms with van der Waals surface area (Å²) in [5, 5.41) is 2.86. The van der Waals surface area contributed by atoms with E-state index in [4.69, 9.17) is 9.47 Å². The van der Waals surface area contributed by atoms with E-state index in [1.165, 1.54) is 0 Å². The van der Waals surface area contributed by atoms with Crippen molar-refractivity contribution in [1.82, 2.24) is 0 Å². The van der Waals surface area contributed by atoms with Gasteiger partial charge in [-0.3, -0.25) is 9.59 Å². The van der Waals surface area contributed by atoms with Crippen LogP contribution in [0.4, 0.5) is 5.69 Å². The molecule has 1 amide bonds. The summed E-state index contributed by atoms with van der Waals surface area (Å²) >= 11 is 0. The van der Waals surface area contributed by atoms with Gasteiger partial charge in [-0.05, 0) is 24.1 Å². The van der Waals surface area contributed by atoms with E-state index in [0.717, 1.165) is 5.56 Å². The fraction of sp³-hybridized carbons (Fsp3) is 0.300. The molecule has 3 rings (SSSR count). The van der Waals surface area contributed by atoms with Gasteiger partial charge in [0.2, 0.25) is 5.91 Å². The number of hydrogen-bond acceptors (Lipinski definition) is 4. The molecule has 0 radical (unpaired) electrons. The standard InChI is InChI=1S/C20H21NO4/c1-24-17-10-6-5-9-16(17)21-18(22)12-11-15-13-19(23)25-20(15)14-7-3-2-4-8-14/h2-10,15,20H,11-13H2,1H3,(H,21,22)/t15-,20+/m0/s1. The number of amides is 1. The quantitative estimate of drug-likeness (QED) is 0.815. The molecule has 0 bridgehead atoms. The number of para-hydroxylation sites is 2. The monoisotopic (exact) mass is 339 g/mol. The lowest BCUT2D eigenvalue weighted by molar-refractivity contribution is -0.141. The lowest BCUT2D eigenvalue weighted by atomic mass is 9.91. The number of anilines is 1. The van der Waals surface area contributed by atoms with Gasteiger partial charge in [0.05, 0.1) is 19.2 Å². The zero-order valence-corrected chi connectivity index (χ0v) is 14.1. The highest BCUT2D eigenvalue weighted by Gasteiger charge is 2.35. The number of benzene rings is 2. The van der Waals surface area contributed by atoms with E-state index in [0.29, 0.717) is 30.7 Å². The van der Waals surface area contributed by atoms with Crippen LogP contribution in [0.5, 0.6) is 5.75 Å². The van der Waals surface area contributed by atoms with Crippen LogP contribution in [-0.4, -0.2) is 19.0 Å². The SMILES string of the molecule is COc1ccccc1NC(=O)CC[C@H]1CC(=O)O[C@@H]1c1ccccc1. The molecule has 5 nitrogen and oxygen atoms in total. The van der Waals surface area contributed by atoms with Gasteiger partial charge in [-0.15, -0.1) is 0 Å². The van der Waals surface area contributed by atoms with Crippen molar-refractivity contribution in [1.29, 1.82) is 0 Å². The Kier molecular flexibility index (Phi) is 5.33. The van der Waals surface area contributed by atoms with Crippen LogP contribution in [0, 0.1) is 5.92 Å². The minimum atomic E-state index is -0.271. The number of ether oxygens (including phenoxy) is 2. The summed E-state index contributed by atoms with van der Waals surface area (Å²) in [6.45, 7) is 0. The van der Waals surface area contributed by atoms with Crippen LogP contribution in [0.1, 0.15) is 30.9 Å². The Balaban J connectivity index is 1.60. The van der Waals surface area contributed by atoms with Gasteiger partial charge in [-0.2, -0.15) is 0 Å². The molecule has 1 N–H and O–H groups in total. The number of hydrogen-bond donors (Lipinski definition) is 1. The molecular weight excluding hydrogens is 318 g/mol. The Bertz CT molecular complexity index is 744. The summed E-state index contributed by atoms with van der Waals surface area (Å²) in [5.74, 6) is 0.329. The molecule has 1 heterocycles. The molecule has 2 atom stereocenters. The molecule has 25 heavy (non-hydrogen) atoms. The van der Waals surface area contributed by atoms with Crippen LogP contribution >= 0.6 is 0 Å². The summed E-state index contributed by atoms with van der Waals surface area (Å²) in [5.41, 5.74) is 1.62. The van der Waals surface area contributed by atoms with E-state index in [9.17, 15) is 9.59 Å². The van der Waals surface area contributed by atoms with E-state index in [-0.39, 0.29) is 23.9 Å². The molecular formula is C20H21NO4. The Hall–Kier alpha value is -2.82. The van der Waals surface area contributed by atoms with Crippen LogP contribution in [-0.2, 0) is 14.3 Å². The third-order valence-electron chi connectivity index (χ3n) is 4.37. The van der Waals surface area contributed by atoms with Gasteiger partial charge in [-0.25, -0.2) is 0 Å². The van der Waals surface area contributed by atoms with E-state index < -0.39 is 0 Å². The summed E-state index contributed by atoms with van der Waals surface area (Å²) in [4.78, 5) is 24.0. The smallest absolute Gasteiger partial charge is 0.306 e. The summed E-state index contributed by atoms with van der Waals surface area (Å²) < 4.78 is 10.7. The maximum Gasteiger partial charge on any atom is 0.306 e. The largest absolute Gasteiger partial charge is 0.495 e. The van der Waals surface area contributed by atoms with E-state index in [1.807, 2.05) is 42.5 Å². The second kappa shape index (κ2) is 7.83. The molecule has 1 saturated heterocycles. The van der Waals surface area contributed by atoms with Gasteiger partial charge in [0.1, 0.15) is 11.9 Å². The first-order valence-electron chi connectivity index (χ1n) is 8.34. The number of rotatable bonds is 6. The molecule has 1 fully saturated rings. The topological polar surface area (TPSA) is 64.6 Å². The van der Waals surface area contributed by atoms with Gasteiger partial charge in [0.15, 0.2) is 0 Å². The molecule has 0 saturated carbocycles. The van der Waals surface area contributed by atoms with Gasteiger partial charge in [0, 0.05) is 12.3 Å². The van der Waals surface area contributed by atoms with Crippen LogP contribution in [0.25, 0.3) is 0 Å². The van der Waals surface area contributed by atoms with Crippen molar-refractivity contribution in [2.45, 2.75) is 25.4 Å². The van der Waals surface area contributed by atoms with Crippen molar-refractivity contribution in [2.24, 2.45) is 5.92 Å². The Morgan fingerprint density at radius 3 is 2.64 bits per heavy atom. The average molecular weight is 339 g/mol. The maximum absolute atomic E-state index is 12.3. The molecule has 0 aromatic heterocycles. The number of cyclic esters (lactones) is 1. The third kappa shape index (κ3) is 4.18. The van der Waals surface area contributed by atoms with Gasteiger partial charge >= 0.3 is 5.97 Å². The minimum absolute atomic E-state index is 0.0123. The van der Waals surface area contributed by atoms with Crippen LogP contribution in [0.2, 0.25) is 0 Å². The van der Waals surface area contributed by atoms with E-state index in [2.05, 4.69) is 5.32 Å². The second-order valence-corrected chi connectivity index (χ2v) is 6.07. The summed E-state index contributed by atoms with van der Waals surface area (Å²) in [6.07, 6.45) is 0.990. The lowest BCUT2D eigenvalue weighted by Gasteiger charge is -2.17. The molecule has 0 spiro atoms. The van der Waals surface area contributed by atoms with Crippen LogP contribution in [0.15, 0.2) is 54.6 Å². The molecule has 0 unspecified atom stereocenters. The van der Waals surface area contributed by atoms with E-state index in [1.54, 1.807) is 19.2 Å². The predicted octanol–water partition coefficient (Wildman–Crippen LogP) is 3.72.